The van der Waals surface area contributed by atoms with Crippen LogP contribution in [0.15, 0.2) is 77.9 Å². The van der Waals surface area contributed by atoms with Gasteiger partial charge in [0.25, 0.3) is 5.56 Å². The van der Waals surface area contributed by atoms with E-state index in [4.69, 9.17) is 11.6 Å². The van der Waals surface area contributed by atoms with Gasteiger partial charge in [0.05, 0.1) is 0 Å². The molecular formula is C23H19ClFN3O2. The van der Waals surface area contributed by atoms with Gasteiger partial charge in [-0.25, -0.2) is 4.39 Å². The minimum atomic E-state index is -0.321. The Balaban J connectivity index is 1.51. The highest BCUT2D eigenvalue weighted by Gasteiger charge is 2.11. The maximum absolute atomic E-state index is 13.5. The second-order valence-corrected chi connectivity index (χ2v) is 7.47. The number of carbonyl (C=O) groups excluding carboxylic acids is 1. The molecule has 2 heterocycles. The zero-order valence-electron chi connectivity index (χ0n) is 16.0. The van der Waals surface area contributed by atoms with E-state index in [1.54, 1.807) is 47.3 Å². The van der Waals surface area contributed by atoms with E-state index in [1.165, 1.54) is 16.7 Å². The fraction of sp³-hybridized carbons (Fsp3) is 0.130. The largest absolute Gasteiger partial charge is 0.350 e. The Labute approximate surface area is 177 Å². The SMILES string of the molecule is O=C(Cn1ccc2ccn(Cc3cccc(F)c3)c2c1=O)NCc1ccc(Cl)cc1. The van der Waals surface area contributed by atoms with Crippen molar-refractivity contribution in [3.8, 4) is 0 Å². The fourth-order valence-corrected chi connectivity index (χ4v) is 3.47. The molecule has 0 unspecified atom stereocenters. The number of fused-ring (bicyclic) bond motifs is 1. The number of rotatable bonds is 6. The number of hydrogen-bond acceptors (Lipinski definition) is 2. The van der Waals surface area contributed by atoms with Crippen LogP contribution in [0.1, 0.15) is 11.1 Å². The Morgan fingerprint density at radius 2 is 1.70 bits per heavy atom. The molecule has 0 saturated carbocycles. The summed E-state index contributed by atoms with van der Waals surface area (Å²) in [5.41, 5.74) is 1.88. The van der Waals surface area contributed by atoms with Crippen molar-refractivity contribution >= 4 is 28.4 Å². The third-order valence-corrected chi connectivity index (χ3v) is 5.10. The van der Waals surface area contributed by atoms with Gasteiger partial charge >= 0.3 is 0 Å². The van der Waals surface area contributed by atoms with E-state index in [0.717, 1.165) is 16.5 Å². The lowest BCUT2D eigenvalue weighted by atomic mass is 10.2. The van der Waals surface area contributed by atoms with E-state index < -0.39 is 0 Å². The van der Waals surface area contributed by atoms with E-state index in [1.807, 2.05) is 18.2 Å². The highest BCUT2D eigenvalue weighted by molar-refractivity contribution is 6.30. The Kier molecular flexibility index (Phi) is 5.68. The standard InChI is InChI=1S/C23H19ClFN3O2/c24-19-6-4-16(5-7-19)13-26-21(29)15-28-11-9-18-8-10-27(22(18)23(28)30)14-17-2-1-3-20(25)12-17/h1-12H,13-15H2,(H,26,29). The van der Waals surface area contributed by atoms with Gasteiger partial charge < -0.3 is 14.5 Å². The van der Waals surface area contributed by atoms with Crippen LogP contribution in [0.25, 0.3) is 10.9 Å². The molecule has 0 radical (unpaired) electrons. The predicted octanol–water partition coefficient (Wildman–Crippen LogP) is 3.96. The van der Waals surface area contributed by atoms with Crippen molar-refractivity contribution in [2.45, 2.75) is 19.6 Å². The van der Waals surface area contributed by atoms with Crippen LogP contribution in [-0.4, -0.2) is 15.0 Å². The summed E-state index contributed by atoms with van der Waals surface area (Å²) in [6.45, 7) is 0.625. The second-order valence-electron chi connectivity index (χ2n) is 7.03. The third kappa shape index (κ3) is 4.44. The summed E-state index contributed by atoms with van der Waals surface area (Å²) in [4.78, 5) is 25.3. The number of carbonyl (C=O) groups is 1. The zero-order valence-corrected chi connectivity index (χ0v) is 16.8. The second kappa shape index (κ2) is 8.55. The molecule has 152 valence electrons. The number of pyridine rings is 1. The topological polar surface area (TPSA) is 56.0 Å². The summed E-state index contributed by atoms with van der Waals surface area (Å²) >= 11 is 5.86. The summed E-state index contributed by atoms with van der Waals surface area (Å²) in [7, 11) is 0. The molecule has 0 aliphatic rings. The summed E-state index contributed by atoms with van der Waals surface area (Å²) in [6, 6.07) is 17.1. The van der Waals surface area contributed by atoms with Crippen molar-refractivity contribution in [2.24, 2.45) is 0 Å². The first-order valence-electron chi connectivity index (χ1n) is 9.43. The summed E-state index contributed by atoms with van der Waals surface area (Å²) < 4.78 is 16.6. The lowest BCUT2D eigenvalue weighted by Gasteiger charge is -2.10. The van der Waals surface area contributed by atoms with Gasteiger partial charge in [-0.1, -0.05) is 35.9 Å². The highest BCUT2D eigenvalue weighted by atomic mass is 35.5. The van der Waals surface area contributed by atoms with E-state index in [-0.39, 0.29) is 23.8 Å². The molecule has 0 bridgehead atoms. The predicted molar refractivity (Wildman–Crippen MR) is 115 cm³/mol. The fourth-order valence-electron chi connectivity index (χ4n) is 3.35. The van der Waals surface area contributed by atoms with Gasteiger partial charge in [0, 0.05) is 35.9 Å². The van der Waals surface area contributed by atoms with Crippen molar-refractivity contribution in [1.29, 1.82) is 0 Å². The van der Waals surface area contributed by atoms with E-state index in [0.29, 0.717) is 23.6 Å². The van der Waals surface area contributed by atoms with Gasteiger partial charge in [-0.15, -0.1) is 0 Å². The molecule has 2 aromatic carbocycles. The minimum Gasteiger partial charge on any atom is -0.350 e. The molecule has 4 aromatic rings. The maximum Gasteiger partial charge on any atom is 0.275 e. The molecule has 7 heteroatoms. The average molecular weight is 424 g/mol. The number of aromatic nitrogens is 2. The van der Waals surface area contributed by atoms with Crippen molar-refractivity contribution < 1.29 is 9.18 Å². The summed E-state index contributed by atoms with van der Waals surface area (Å²) in [5, 5.41) is 4.21. The van der Waals surface area contributed by atoms with Gasteiger partial charge in [0.15, 0.2) is 0 Å². The van der Waals surface area contributed by atoms with Gasteiger partial charge in [-0.05, 0) is 47.5 Å². The molecule has 0 saturated heterocycles. The number of amides is 1. The van der Waals surface area contributed by atoms with E-state index >= 15 is 0 Å². The lowest BCUT2D eigenvalue weighted by Crippen LogP contribution is -2.32. The van der Waals surface area contributed by atoms with Gasteiger partial charge in [0.1, 0.15) is 17.9 Å². The normalized spacial score (nSPS) is 11.0. The molecule has 0 atom stereocenters. The average Bonchev–Trinajstić information content (AvgIpc) is 3.13. The van der Waals surface area contributed by atoms with Gasteiger partial charge in [-0.3, -0.25) is 9.59 Å². The number of nitrogens with zero attached hydrogens (tertiary/aromatic N) is 2. The van der Waals surface area contributed by atoms with Crippen molar-refractivity contribution in [3.05, 3.63) is 105 Å². The Bertz CT molecular complexity index is 1260. The quantitative estimate of drug-likeness (QED) is 0.510. The van der Waals surface area contributed by atoms with Crippen LogP contribution in [0.3, 0.4) is 0 Å². The van der Waals surface area contributed by atoms with Crippen molar-refractivity contribution in [2.75, 3.05) is 0 Å². The van der Waals surface area contributed by atoms with Crippen LogP contribution in [0.5, 0.6) is 0 Å². The number of hydrogen-bond donors (Lipinski definition) is 1. The van der Waals surface area contributed by atoms with E-state index in [2.05, 4.69) is 5.32 Å². The first kappa shape index (κ1) is 19.9. The van der Waals surface area contributed by atoms with Crippen LogP contribution in [0, 0.1) is 5.82 Å². The van der Waals surface area contributed by atoms with Gasteiger partial charge in [-0.2, -0.15) is 0 Å². The first-order valence-corrected chi connectivity index (χ1v) is 9.81. The Morgan fingerprint density at radius 1 is 0.967 bits per heavy atom. The maximum atomic E-state index is 13.5. The molecule has 1 N–H and O–H groups in total. The molecular weight excluding hydrogens is 405 g/mol. The molecule has 0 spiro atoms. The number of benzene rings is 2. The molecule has 0 aliphatic carbocycles. The number of nitrogens with one attached hydrogen (secondary N) is 1. The van der Waals surface area contributed by atoms with Crippen LogP contribution in [0.4, 0.5) is 4.39 Å². The lowest BCUT2D eigenvalue weighted by molar-refractivity contribution is -0.121. The molecule has 4 rings (SSSR count). The molecule has 1 amide bonds. The van der Waals surface area contributed by atoms with E-state index in [9.17, 15) is 14.0 Å². The smallest absolute Gasteiger partial charge is 0.275 e. The van der Waals surface area contributed by atoms with Crippen LogP contribution in [0.2, 0.25) is 5.02 Å². The summed E-state index contributed by atoms with van der Waals surface area (Å²) in [6.07, 6.45) is 3.40. The number of halogens is 2. The highest BCUT2D eigenvalue weighted by Crippen LogP contribution is 2.14. The molecule has 0 fully saturated rings. The molecule has 2 aromatic heterocycles. The Morgan fingerprint density at radius 3 is 2.43 bits per heavy atom. The molecule has 30 heavy (non-hydrogen) atoms. The molecule has 0 aliphatic heterocycles. The van der Waals surface area contributed by atoms with Gasteiger partial charge in [0.2, 0.25) is 5.91 Å². The van der Waals surface area contributed by atoms with Crippen LogP contribution >= 0.6 is 11.6 Å². The van der Waals surface area contributed by atoms with Crippen molar-refractivity contribution in [1.82, 2.24) is 14.5 Å². The molecule has 5 nitrogen and oxygen atoms in total. The monoisotopic (exact) mass is 423 g/mol. The minimum absolute atomic E-state index is 0.0898. The zero-order chi connectivity index (χ0) is 21.1. The van der Waals surface area contributed by atoms with Crippen molar-refractivity contribution in [3.63, 3.8) is 0 Å². The Hall–Kier alpha value is -3.38. The third-order valence-electron chi connectivity index (χ3n) is 4.85. The summed E-state index contributed by atoms with van der Waals surface area (Å²) in [5.74, 6) is -0.589. The van der Waals surface area contributed by atoms with Crippen LogP contribution in [-0.2, 0) is 24.4 Å². The first-order chi connectivity index (χ1) is 14.5. The van der Waals surface area contributed by atoms with Crippen LogP contribution < -0.4 is 10.9 Å².